The van der Waals surface area contributed by atoms with E-state index in [2.05, 4.69) is 192 Å². The molecule has 0 amide bonds. The van der Waals surface area contributed by atoms with Crippen LogP contribution in [0.2, 0.25) is 0 Å². The fourth-order valence-corrected chi connectivity index (χ4v) is 9.21. The van der Waals surface area contributed by atoms with Crippen molar-refractivity contribution in [2.75, 3.05) is 7.05 Å². The molecule has 0 spiro atoms. The number of thiophene rings is 1. The minimum absolute atomic E-state index is 0.0577. The van der Waals surface area contributed by atoms with Crippen molar-refractivity contribution in [1.82, 2.24) is 9.47 Å². The summed E-state index contributed by atoms with van der Waals surface area (Å²) in [5.74, 6) is 0.969. The Morgan fingerprint density at radius 2 is 1.16 bits per heavy atom. The van der Waals surface area contributed by atoms with Gasteiger partial charge in [-0.05, 0) is 47.0 Å². The van der Waals surface area contributed by atoms with E-state index in [0.29, 0.717) is 0 Å². The highest BCUT2D eigenvalue weighted by molar-refractivity contribution is 7.27. The van der Waals surface area contributed by atoms with Crippen LogP contribution in [0.3, 0.4) is 0 Å². The van der Waals surface area contributed by atoms with Crippen LogP contribution in [0.4, 0.5) is 0 Å². The van der Waals surface area contributed by atoms with Gasteiger partial charge in [-0.3, -0.25) is 0 Å². The molecule has 51 heavy (non-hydrogen) atoms. The van der Waals surface area contributed by atoms with Crippen molar-refractivity contribution in [3.8, 4) is 16.8 Å². The van der Waals surface area contributed by atoms with Gasteiger partial charge in [0.25, 0.3) is 0 Å². The summed E-state index contributed by atoms with van der Waals surface area (Å²) in [7, 11) is 2.14. The molecule has 3 nitrogen and oxygen atoms in total. The van der Waals surface area contributed by atoms with E-state index >= 15 is 0 Å². The van der Waals surface area contributed by atoms with Crippen molar-refractivity contribution in [2.24, 2.45) is 4.99 Å². The zero-order valence-electron chi connectivity index (χ0n) is 28.1. The Labute approximate surface area is 300 Å². The van der Waals surface area contributed by atoms with E-state index in [-0.39, 0.29) is 6.04 Å². The monoisotopic (exact) mass is 671 g/mol. The Morgan fingerprint density at radius 1 is 0.529 bits per heavy atom. The molecule has 0 radical (unpaired) electrons. The molecule has 0 saturated carbocycles. The molecule has 9 aromatic rings. The van der Waals surface area contributed by atoms with Gasteiger partial charge in [0.1, 0.15) is 5.84 Å². The molecule has 1 aliphatic heterocycles. The maximum absolute atomic E-state index is 5.31. The van der Waals surface area contributed by atoms with Crippen LogP contribution in [0.25, 0.3) is 64.5 Å². The van der Waals surface area contributed by atoms with Crippen molar-refractivity contribution < 1.29 is 0 Å². The number of amidine groups is 1. The summed E-state index contributed by atoms with van der Waals surface area (Å²) in [6.45, 7) is 0. The maximum atomic E-state index is 5.31. The van der Waals surface area contributed by atoms with E-state index in [1.807, 2.05) is 11.3 Å². The van der Waals surface area contributed by atoms with Gasteiger partial charge in [0, 0.05) is 50.1 Å². The van der Waals surface area contributed by atoms with Crippen LogP contribution >= 0.6 is 11.3 Å². The van der Waals surface area contributed by atoms with Crippen molar-refractivity contribution in [1.29, 1.82) is 0 Å². The number of para-hydroxylation sites is 2. The van der Waals surface area contributed by atoms with Crippen molar-refractivity contribution in [3.63, 3.8) is 0 Å². The van der Waals surface area contributed by atoms with Crippen LogP contribution in [0.15, 0.2) is 181 Å². The van der Waals surface area contributed by atoms with Crippen molar-refractivity contribution >= 4 is 64.8 Å². The average Bonchev–Trinajstić information content (AvgIpc) is 3.75. The topological polar surface area (TPSA) is 20.5 Å². The SMILES string of the molecule is CN1C(c2ccccc2)=NC(c2cccc(-c3cccc4c3sc3c4ccc4c5ccccc5n(-c5ccccc5)c43)c2)=CC1c1ccccc1. The molecule has 3 heterocycles. The fourth-order valence-electron chi connectivity index (χ4n) is 7.83. The van der Waals surface area contributed by atoms with Gasteiger partial charge in [-0.25, -0.2) is 4.99 Å². The maximum Gasteiger partial charge on any atom is 0.137 e. The molecule has 10 rings (SSSR count). The first kappa shape index (κ1) is 29.7. The molecule has 1 unspecified atom stereocenters. The van der Waals surface area contributed by atoms with Gasteiger partial charge in [0.2, 0.25) is 0 Å². The number of aromatic nitrogens is 1. The van der Waals surface area contributed by atoms with E-state index in [0.717, 1.165) is 22.7 Å². The highest BCUT2D eigenvalue weighted by atomic mass is 32.1. The molecule has 0 saturated heterocycles. The quantitative estimate of drug-likeness (QED) is 0.178. The summed E-state index contributed by atoms with van der Waals surface area (Å²) < 4.78 is 5.06. The second-order valence-corrected chi connectivity index (χ2v) is 14.2. The first-order chi connectivity index (χ1) is 25.2. The number of aliphatic imine (C=N–C) groups is 1. The molecule has 0 bridgehead atoms. The van der Waals surface area contributed by atoms with Crippen LogP contribution in [-0.4, -0.2) is 22.4 Å². The van der Waals surface area contributed by atoms with Gasteiger partial charge in [-0.1, -0.05) is 146 Å². The van der Waals surface area contributed by atoms with E-state index in [1.54, 1.807) is 0 Å². The van der Waals surface area contributed by atoms with Crippen LogP contribution in [0.1, 0.15) is 22.7 Å². The summed E-state index contributed by atoms with van der Waals surface area (Å²) in [5, 5.41) is 5.14. The molecule has 242 valence electrons. The standard InChI is InChI=1S/C47H33N3S/c1-49-43(31-15-5-2-6-16-31)30-41(48-47(49)32-17-7-3-8-18-32)34-20-13-19-33(29-34)36-24-14-25-39-40-28-27-38-37-23-11-12-26-42(37)50(35-21-9-4-10-22-35)44(38)46(40)51-45(36)39/h2-30,43H,1H3. The lowest BCUT2D eigenvalue weighted by atomic mass is 9.96. The van der Waals surface area contributed by atoms with Crippen molar-refractivity contribution in [2.45, 2.75) is 6.04 Å². The van der Waals surface area contributed by atoms with Gasteiger partial charge >= 0.3 is 0 Å². The summed E-state index contributed by atoms with van der Waals surface area (Å²) in [6.07, 6.45) is 2.31. The highest BCUT2D eigenvalue weighted by Gasteiger charge is 2.26. The fraction of sp³-hybridized carbons (Fsp3) is 0.0426. The van der Waals surface area contributed by atoms with Gasteiger partial charge in [0.05, 0.1) is 27.5 Å². The predicted octanol–water partition coefficient (Wildman–Crippen LogP) is 12.3. The first-order valence-electron chi connectivity index (χ1n) is 17.4. The average molecular weight is 672 g/mol. The lowest BCUT2D eigenvalue weighted by Gasteiger charge is -2.33. The number of benzene rings is 7. The number of rotatable bonds is 5. The third-order valence-electron chi connectivity index (χ3n) is 10.2. The van der Waals surface area contributed by atoms with E-state index < -0.39 is 0 Å². The van der Waals surface area contributed by atoms with Gasteiger partial charge in [0.15, 0.2) is 0 Å². The van der Waals surface area contributed by atoms with Crippen molar-refractivity contribution in [3.05, 3.63) is 193 Å². The normalized spacial score (nSPS) is 14.8. The van der Waals surface area contributed by atoms with Crippen LogP contribution in [0.5, 0.6) is 0 Å². The second-order valence-electron chi connectivity index (χ2n) is 13.2. The molecular formula is C47H33N3S. The summed E-state index contributed by atoms with van der Waals surface area (Å²) in [5.41, 5.74) is 10.6. The van der Waals surface area contributed by atoms with Crippen LogP contribution in [0, 0.1) is 0 Å². The van der Waals surface area contributed by atoms with E-state index in [9.17, 15) is 0 Å². The van der Waals surface area contributed by atoms with Crippen LogP contribution in [-0.2, 0) is 0 Å². The number of hydrogen-bond donors (Lipinski definition) is 0. The van der Waals surface area contributed by atoms with Gasteiger partial charge in [-0.15, -0.1) is 11.3 Å². The summed E-state index contributed by atoms with van der Waals surface area (Å²) in [4.78, 5) is 7.59. The lowest BCUT2D eigenvalue weighted by molar-refractivity contribution is 0.435. The van der Waals surface area contributed by atoms with Crippen LogP contribution < -0.4 is 0 Å². The molecule has 0 fully saturated rings. The third-order valence-corrected chi connectivity index (χ3v) is 11.5. The number of fused-ring (bicyclic) bond motifs is 7. The molecule has 2 aromatic heterocycles. The van der Waals surface area contributed by atoms with Gasteiger partial charge in [-0.2, -0.15) is 0 Å². The number of likely N-dealkylation sites (N-methyl/N-ethyl adjacent to an activating group) is 1. The minimum Gasteiger partial charge on any atom is -0.349 e. The Hall–Kier alpha value is -6.23. The molecule has 4 heteroatoms. The smallest absolute Gasteiger partial charge is 0.137 e. The molecule has 1 aliphatic rings. The molecule has 1 atom stereocenters. The minimum atomic E-state index is 0.0577. The Bertz CT molecular complexity index is 2810. The third kappa shape index (κ3) is 4.83. The van der Waals surface area contributed by atoms with E-state index in [1.165, 1.54) is 64.4 Å². The number of nitrogens with zero attached hydrogens (tertiary/aromatic N) is 3. The molecule has 0 aliphatic carbocycles. The predicted molar refractivity (Wildman–Crippen MR) is 217 cm³/mol. The highest BCUT2D eigenvalue weighted by Crippen LogP contribution is 2.46. The molecule has 7 aromatic carbocycles. The zero-order chi connectivity index (χ0) is 33.9. The largest absolute Gasteiger partial charge is 0.349 e. The second kappa shape index (κ2) is 12.0. The van der Waals surface area contributed by atoms with E-state index in [4.69, 9.17) is 4.99 Å². The Kier molecular flexibility index (Phi) is 6.97. The number of hydrogen-bond acceptors (Lipinski definition) is 3. The Morgan fingerprint density at radius 3 is 1.98 bits per heavy atom. The zero-order valence-corrected chi connectivity index (χ0v) is 28.9. The first-order valence-corrected chi connectivity index (χ1v) is 18.2. The van der Waals surface area contributed by atoms with Gasteiger partial charge < -0.3 is 9.47 Å². The summed E-state index contributed by atoms with van der Waals surface area (Å²) in [6, 6.07) is 61.2. The molecular weight excluding hydrogens is 639 g/mol. The lowest BCUT2D eigenvalue weighted by Crippen LogP contribution is -2.33. The molecule has 0 N–H and O–H groups in total. The summed E-state index contributed by atoms with van der Waals surface area (Å²) >= 11 is 1.90. The Balaban J connectivity index is 1.16.